The second kappa shape index (κ2) is 13.1. The van der Waals surface area contributed by atoms with Crippen molar-refractivity contribution in [1.82, 2.24) is 5.32 Å². The third-order valence-electron chi connectivity index (χ3n) is 5.93. The molecule has 1 unspecified atom stereocenters. The second-order valence-electron chi connectivity index (χ2n) is 8.38. The van der Waals surface area contributed by atoms with Gasteiger partial charge in [-0.05, 0) is 36.2 Å². The number of allylic oxidation sites excluding steroid dienone is 1. The number of anilines is 1. The van der Waals surface area contributed by atoms with Crippen LogP contribution in [-0.2, 0) is 14.3 Å². The number of hydrogen-bond acceptors (Lipinski definition) is 7. The highest BCUT2D eigenvalue weighted by atomic mass is 35.5. The van der Waals surface area contributed by atoms with Gasteiger partial charge in [-0.25, -0.2) is 4.79 Å². The maximum atomic E-state index is 13.4. The molecule has 1 atom stereocenters. The number of nitriles is 1. The van der Waals surface area contributed by atoms with Crippen LogP contribution in [0.1, 0.15) is 24.0 Å². The van der Waals surface area contributed by atoms with Crippen molar-refractivity contribution in [3.05, 3.63) is 111 Å². The van der Waals surface area contributed by atoms with Gasteiger partial charge in [-0.15, -0.1) is 0 Å². The van der Waals surface area contributed by atoms with Crippen molar-refractivity contribution in [2.45, 2.75) is 12.8 Å². The largest absolute Gasteiger partial charge is 0.497 e. The average Bonchev–Trinajstić information content (AvgIpc) is 2.96. The van der Waals surface area contributed by atoms with E-state index < -0.39 is 11.9 Å². The van der Waals surface area contributed by atoms with Crippen molar-refractivity contribution in [2.24, 2.45) is 0 Å². The van der Waals surface area contributed by atoms with E-state index in [4.69, 9.17) is 21.1 Å². The molecule has 2 N–H and O–H groups in total. The molecule has 1 aliphatic heterocycles. The Bertz CT molecular complexity index is 1480. The Balaban J connectivity index is 1.75. The summed E-state index contributed by atoms with van der Waals surface area (Å²) >= 11 is 7.77. The van der Waals surface area contributed by atoms with E-state index in [-0.39, 0.29) is 29.4 Å². The zero-order chi connectivity index (χ0) is 27.8. The average molecular weight is 560 g/mol. The van der Waals surface area contributed by atoms with Gasteiger partial charge in [-0.1, -0.05) is 78.0 Å². The fraction of sp³-hybridized carbons (Fsp3) is 0.167. The van der Waals surface area contributed by atoms with Gasteiger partial charge in [0, 0.05) is 16.8 Å². The number of amides is 1. The molecule has 0 saturated carbocycles. The van der Waals surface area contributed by atoms with Crippen molar-refractivity contribution in [2.75, 3.05) is 24.8 Å². The summed E-state index contributed by atoms with van der Waals surface area (Å²) in [6.07, 6.45) is 0. The highest BCUT2D eigenvalue weighted by molar-refractivity contribution is 8.03. The lowest BCUT2D eigenvalue weighted by Gasteiger charge is -2.31. The van der Waals surface area contributed by atoms with Crippen LogP contribution in [0.2, 0.25) is 5.02 Å². The number of rotatable bonds is 9. The molecule has 0 fully saturated rings. The smallest absolute Gasteiger partial charge is 0.337 e. The number of halogens is 1. The number of hydrogen-bond donors (Lipinski definition) is 2. The molecule has 0 bridgehead atoms. The van der Waals surface area contributed by atoms with Gasteiger partial charge in [0.25, 0.3) is 0 Å². The minimum absolute atomic E-state index is 0.0107. The number of carbonyl (C=O) groups excluding carboxylic acids is 2. The second-order valence-corrected chi connectivity index (χ2v) is 9.77. The van der Waals surface area contributed by atoms with Gasteiger partial charge in [0.1, 0.15) is 5.75 Å². The maximum Gasteiger partial charge on any atom is 0.337 e. The summed E-state index contributed by atoms with van der Waals surface area (Å²) in [6.45, 7) is 1.89. The van der Waals surface area contributed by atoms with E-state index in [1.54, 1.807) is 62.6 Å². The van der Waals surface area contributed by atoms with Gasteiger partial charge in [0.2, 0.25) is 5.91 Å². The highest BCUT2D eigenvalue weighted by Gasteiger charge is 2.38. The van der Waals surface area contributed by atoms with Crippen LogP contribution in [0.15, 0.2) is 95.0 Å². The van der Waals surface area contributed by atoms with Gasteiger partial charge in [0.05, 0.1) is 53.3 Å². The number of esters is 1. The topological polar surface area (TPSA) is 100 Å². The first-order valence-electron chi connectivity index (χ1n) is 12.2. The van der Waals surface area contributed by atoms with Crippen LogP contribution < -0.4 is 15.4 Å². The standard InChI is InChI=1S/C30H26ClN3O4S/c1-3-38-30(36)27-26(22-14-7-8-15-24(22)31)23(17-32)29(34-28(27)19-10-5-4-6-11-19)39-18-25(35)33-20-12-9-13-21(16-20)37-2/h4-16,26,34H,3,18H2,1-2H3,(H,33,35). The molecule has 1 aliphatic rings. The zero-order valence-electron chi connectivity index (χ0n) is 21.4. The molecule has 0 spiro atoms. The normalized spacial score (nSPS) is 14.8. The van der Waals surface area contributed by atoms with E-state index in [2.05, 4.69) is 16.7 Å². The molecule has 198 valence electrons. The Morgan fingerprint density at radius 2 is 1.82 bits per heavy atom. The molecule has 39 heavy (non-hydrogen) atoms. The molecule has 9 heteroatoms. The number of methoxy groups -OCH3 is 1. The summed E-state index contributed by atoms with van der Waals surface area (Å²) in [6, 6.07) is 25.7. The van der Waals surface area contributed by atoms with Crippen LogP contribution in [-0.4, -0.2) is 31.3 Å². The lowest BCUT2D eigenvalue weighted by atomic mass is 9.81. The van der Waals surface area contributed by atoms with Crippen LogP contribution in [0, 0.1) is 11.3 Å². The summed E-state index contributed by atoms with van der Waals surface area (Å²) in [7, 11) is 1.55. The van der Waals surface area contributed by atoms with Gasteiger partial charge in [-0.3, -0.25) is 4.79 Å². The van der Waals surface area contributed by atoms with E-state index >= 15 is 0 Å². The van der Waals surface area contributed by atoms with E-state index in [1.807, 2.05) is 30.3 Å². The zero-order valence-corrected chi connectivity index (χ0v) is 22.9. The predicted octanol–water partition coefficient (Wildman–Crippen LogP) is 6.12. The monoisotopic (exact) mass is 559 g/mol. The molecule has 0 aromatic heterocycles. The third kappa shape index (κ3) is 6.45. The van der Waals surface area contributed by atoms with Crippen LogP contribution in [0.3, 0.4) is 0 Å². The molecule has 0 radical (unpaired) electrons. The molecule has 1 heterocycles. The van der Waals surface area contributed by atoms with E-state index in [0.717, 1.165) is 5.56 Å². The number of nitrogens with zero attached hydrogens (tertiary/aromatic N) is 1. The lowest BCUT2D eigenvalue weighted by Crippen LogP contribution is -2.30. The number of dihydropyridines is 1. The van der Waals surface area contributed by atoms with Gasteiger partial charge in [0.15, 0.2) is 0 Å². The first-order chi connectivity index (χ1) is 19.0. The third-order valence-corrected chi connectivity index (χ3v) is 7.29. The molecular formula is C30H26ClN3O4S. The molecule has 7 nitrogen and oxygen atoms in total. The minimum atomic E-state index is -0.803. The Morgan fingerprint density at radius 3 is 2.51 bits per heavy atom. The summed E-state index contributed by atoms with van der Waals surface area (Å²) in [5.41, 5.74) is 2.95. The fourth-order valence-corrected chi connectivity index (χ4v) is 5.30. The first kappa shape index (κ1) is 27.8. The quantitative estimate of drug-likeness (QED) is 0.305. The summed E-state index contributed by atoms with van der Waals surface area (Å²) in [5.74, 6) is -0.993. The SMILES string of the molecule is CCOC(=O)C1=C(c2ccccc2)NC(SCC(=O)Nc2cccc(OC)c2)=C(C#N)C1c1ccccc1Cl. The minimum Gasteiger partial charge on any atom is -0.497 e. The van der Waals surface area contributed by atoms with E-state index in [9.17, 15) is 14.9 Å². The highest BCUT2D eigenvalue weighted by Crippen LogP contribution is 2.45. The Kier molecular flexibility index (Phi) is 9.31. The van der Waals surface area contributed by atoms with Crippen molar-refractivity contribution in [1.29, 1.82) is 5.26 Å². The number of benzene rings is 3. The maximum absolute atomic E-state index is 13.4. The summed E-state index contributed by atoms with van der Waals surface area (Å²) in [5, 5.41) is 17.3. The molecule has 4 rings (SSSR count). The molecule has 3 aromatic rings. The van der Waals surface area contributed by atoms with Crippen LogP contribution in [0.5, 0.6) is 5.75 Å². The number of carbonyl (C=O) groups is 2. The van der Waals surface area contributed by atoms with E-state index in [1.165, 1.54) is 11.8 Å². The summed E-state index contributed by atoms with van der Waals surface area (Å²) < 4.78 is 10.7. The Morgan fingerprint density at radius 1 is 1.08 bits per heavy atom. The number of thioether (sulfide) groups is 1. The molecule has 0 saturated heterocycles. The molecule has 1 amide bonds. The Labute approximate surface area is 236 Å². The van der Waals surface area contributed by atoms with Crippen LogP contribution in [0.25, 0.3) is 5.70 Å². The van der Waals surface area contributed by atoms with Gasteiger partial charge in [-0.2, -0.15) is 5.26 Å². The van der Waals surface area contributed by atoms with Crippen LogP contribution in [0.4, 0.5) is 5.69 Å². The van der Waals surface area contributed by atoms with Crippen molar-refractivity contribution < 1.29 is 19.1 Å². The number of nitrogens with one attached hydrogen (secondary N) is 2. The summed E-state index contributed by atoms with van der Waals surface area (Å²) in [4.78, 5) is 26.2. The van der Waals surface area contributed by atoms with Gasteiger partial charge >= 0.3 is 5.97 Å². The lowest BCUT2D eigenvalue weighted by molar-refractivity contribution is -0.138. The van der Waals surface area contributed by atoms with Crippen LogP contribution >= 0.6 is 23.4 Å². The fourth-order valence-electron chi connectivity index (χ4n) is 4.21. The number of ether oxygens (including phenoxy) is 2. The van der Waals surface area contributed by atoms with Crippen molar-refractivity contribution in [3.8, 4) is 11.8 Å². The molecule has 3 aromatic carbocycles. The molecule has 0 aliphatic carbocycles. The van der Waals surface area contributed by atoms with E-state index in [0.29, 0.717) is 32.7 Å². The Hall–Kier alpha value is -4.19. The van der Waals surface area contributed by atoms with Crippen molar-refractivity contribution >= 4 is 46.6 Å². The van der Waals surface area contributed by atoms with Gasteiger partial charge < -0.3 is 20.1 Å². The predicted molar refractivity (Wildman–Crippen MR) is 154 cm³/mol. The van der Waals surface area contributed by atoms with Crippen molar-refractivity contribution in [3.63, 3.8) is 0 Å². The first-order valence-corrected chi connectivity index (χ1v) is 13.5. The molecular weight excluding hydrogens is 534 g/mol.